The summed E-state index contributed by atoms with van der Waals surface area (Å²) in [5.74, 6) is 2.42. The number of hydrogen-bond donors (Lipinski definition) is 1. The van der Waals surface area contributed by atoms with Gasteiger partial charge in [-0.3, -0.25) is 0 Å². The highest BCUT2D eigenvalue weighted by Gasteiger charge is 2.09. The first-order chi connectivity index (χ1) is 7.74. The van der Waals surface area contributed by atoms with Crippen LogP contribution in [-0.2, 0) is 9.47 Å². The molecule has 0 radical (unpaired) electrons. The molecule has 4 heteroatoms. The molecule has 1 N–H and O–H groups in total. The summed E-state index contributed by atoms with van der Waals surface area (Å²) < 4.78 is 10.9. The Morgan fingerprint density at radius 2 is 1.75 bits per heavy atom. The van der Waals surface area contributed by atoms with Crippen molar-refractivity contribution in [3.05, 3.63) is 0 Å². The summed E-state index contributed by atoms with van der Waals surface area (Å²) >= 11 is 1.99. The van der Waals surface area contributed by atoms with Gasteiger partial charge in [0, 0.05) is 25.8 Å². The van der Waals surface area contributed by atoms with Crippen LogP contribution in [0.25, 0.3) is 0 Å². The van der Waals surface area contributed by atoms with E-state index in [9.17, 15) is 0 Å². The van der Waals surface area contributed by atoms with Gasteiger partial charge in [0.1, 0.15) is 0 Å². The van der Waals surface area contributed by atoms with Crippen LogP contribution in [0.5, 0.6) is 0 Å². The molecular formula is C12H27NO2S. The van der Waals surface area contributed by atoms with E-state index in [1.54, 1.807) is 0 Å². The summed E-state index contributed by atoms with van der Waals surface area (Å²) in [5, 5.41) is 3.45. The zero-order chi connectivity index (χ0) is 12.2. The summed E-state index contributed by atoms with van der Waals surface area (Å²) in [6, 6.07) is 0.530. The minimum Gasteiger partial charge on any atom is -0.352 e. The van der Waals surface area contributed by atoms with Gasteiger partial charge in [-0.25, -0.2) is 0 Å². The van der Waals surface area contributed by atoms with E-state index in [1.165, 1.54) is 17.9 Å². The van der Waals surface area contributed by atoms with Crippen LogP contribution >= 0.6 is 11.8 Å². The Kier molecular flexibility index (Phi) is 11.9. The smallest absolute Gasteiger partial charge is 0.169 e. The Bertz CT molecular complexity index is 141. The molecule has 0 aromatic carbocycles. The van der Waals surface area contributed by atoms with Gasteiger partial charge in [-0.2, -0.15) is 11.8 Å². The highest BCUT2D eigenvalue weighted by Crippen LogP contribution is 2.04. The second-order valence-corrected chi connectivity index (χ2v) is 5.03. The highest BCUT2D eigenvalue weighted by atomic mass is 32.2. The summed E-state index contributed by atoms with van der Waals surface area (Å²) in [7, 11) is 0. The first-order valence-electron chi connectivity index (χ1n) is 6.28. The van der Waals surface area contributed by atoms with Crippen LogP contribution in [0.1, 0.15) is 34.1 Å². The predicted octanol–water partition coefficient (Wildman–Crippen LogP) is 2.51. The van der Waals surface area contributed by atoms with E-state index in [4.69, 9.17) is 9.47 Å². The third-order valence-electron chi connectivity index (χ3n) is 2.24. The van der Waals surface area contributed by atoms with E-state index >= 15 is 0 Å². The van der Waals surface area contributed by atoms with Gasteiger partial charge >= 0.3 is 0 Å². The number of thioether (sulfide) groups is 1. The number of hydrogen-bond acceptors (Lipinski definition) is 4. The van der Waals surface area contributed by atoms with E-state index in [1.807, 2.05) is 25.6 Å². The molecule has 0 bridgehead atoms. The van der Waals surface area contributed by atoms with Crippen molar-refractivity contribution in [2.75, 3.05) is 31.3 Å². The second-order valence-electron chi connectivity index (χ2n) is 3.64. The van der Waals surface area contributed by atoms with Crippen molar-refractivity contribution in [2.45, 2.75) is 46.4 Å². The van der Waals surface area contributed by atoms with Gasteiger partial charge < -0.3 is 14.8 Å². The van der Waals surface area contributed by atoms with Crippen LogP contribution in [0.2, 0.25) is 0 Å². The molecule has 0 aromatic rings. The third kappa shape index (κ3) is 9.46. The SMILES string of the molecule is CCOC(CNC(C)CCSCC)OCC. The lowest BCUT2D eigenvalue weighted by Gasteiger charge is -2.20. The van der Waals surface area contributed by atoms with Crippen molar-refractivity contribution in [3.8, 4) is 0 Å². The van der Waals surface area contributed by atoms with Crippen LogP contribution in [0.4, 0.5) is 0 Å². The van der Waals surface area contributed by atoms with Crippen LogP contribution < -0.4 is 5.32 Å². The molecule has 0 saturated carbocycles. The highest BCUT2D eigenvalue weighted by molar-refractivity contribution is 7.99. The minimum absolute atomic E-state index is 0.101. The Labute approximate surface area is 105 Å². The molecule has 0 aliphatic carbocycles. The normalized spacial score (nSPS) is 13.3. The molecule has 0 rings (SSSR count). The van der Waals surface area contributed by atoms with Crippen molar-refractivity contribution < 1.29 is 9.47 Å². The van der Waals surface area contributed by atoms with Crippen molar-refractivity contribution >= 4 is 11.8 Å². The van der Waals surface area contributed by atoms with Gasteiger partial charge in [0.25, 0.3) is 0 Å². The molecule has 1 atom stereocenters. The monoisotopic (exact) mass is 249 g/mol. The fourth-order valence-electron chi connectivity index (χ4n) is 1.34. The summed E-state index contributed by atoms with van der Waals surface area (Å²) in [5.41, 5.74) is 0. The first kappa shape index (κ1) is 16.2. The molecule has 3 nitrogen and oxygen atoms in total. The van der Waals surface area contributed by atoms with Crippen molar-refractivity contribution in [1.82, 2.24) is 5.32 Å². The molecule has 98 valence electrons. The average molecular weight is 249 g/mol. The van der Waals surface area contributed by atoms with Crippen LogP contribution in [0.15, 0.2) is 0 Å². The average Bonchev–Trinajstić information content (AvgIpc) is 2.27. The molecule has 0 aliphatic heterocycles. The molecule has 1 unspecified atom stereocenters. The van der Waals surface area contributed by atoms with E-state index in [0.29, 0.717) is 19.3 Å². The van der Waals surface area contributed by atoms with Crippen LogP contribution in [0.3, 0.4) is 0 Å². The Balaban J connectivity index is 3.56. The Hall–Kier alpha value is 0.230. The molecule has 0 amide bonds. The van der Waals surface area contributed by atoms with Gasteiger partial charge in [-0.05, 0) is 38.7 Å². The van der Waals surface area contributed by atoms with Crippen molar-refractivity contribution in [3.63, 3.8) is 0 Å². The van der Waals surface area contributed by atoms with E-state index in [2.05, 4.69) is 19.2 Å². The van der Waals surface area contributed by atoms with Gasteiger partial charge in [0.2, 0.25) is 0 Å². The van der Waals surface area contributed by atoms with E-state index in [-0.39, 0.29) is 6.29 Å². The van der Waals surface area contributed by atoms with Gasteiger partial charge in [0.15, 0.2) is 6.29 Å². The topological polar surface area (TPSA) is 30.5 Å². The summed E-state index contributed by atoms with van der Waals surface area (Å²) in [4.78, 5) is 0. The molecule has 0 aromatic heterocycles. The summed E-state index contributed by atoms with van der Waals surface area (Å²) in [6.07, 6.45) is 1.10. The maximum Gasteiger partial charge on any atom is 0.169 e. The lowest BCUT2D eigenvalue weighted by molar-refractivity contribution is -0.133. The largest absolute Gasteiger partial charge is 0.352 e. The Morgan fingerprint density at radius 1 is 1.12 bits per heavy atom. The minimum atomic E-state index is -0.101. The zero-order valence-corrected chi connectivity index (χ0v) is 11.9. The lowest BCUT2D eigenvalue weighted by Crippen LogP contribution is -2.37. The van der Waals surface area contributed by atoms with E-state index in [0.717, 1.165) is 6.54 Å². The fraction of sp³-hybridized carbons (Fsp3) is 1.00. The third-order valence-corrected chi connectivity index (χ3v) is 3.17. The summed E-state index contributed by atoms with van der Waals surface area (Å²) in [6.45, 7) is 10.6. The van der Waals surface area contributed by atoms with Crippen LogP contribution in [0, 0.1) is 0 Å². The molecule has 0 saturated heterocycles. The predicted molar refractivity (Wildman–Crippen MR) is 72.1 cm³/mol. The van der Waals surface area contributed by atoms with Gasteiger partial charge in [-0.1, -0.05) is 6.92 Å². The quantitative estimate of drug-likeness (QED) is 0.450. The number of rotatable bonds is 11. The number of nitrogens with one attached hydrogen (secondary N) is 1. The van der Waals surface area contributed by atoms with Crippen LogP contribution in [-0.4, -0.2) is 43.6 Å². The fourth-order valence-corrected chi connectivity index (χ4v) is 2.15. The molecule has 16 heavy (non-hydrogen) atoms. The molecule has 0 fully saturated rings. The molecule has 0 aliphatic rings. The maximum absolute atomic E-state index is 5.47. The number of ether oxygens (including phenoxy) is 2. The van der Waals surface area contributed by atoms with E-state index < -0.39 is 0 Å². The Morgan fingerprint density at radius 3 is 2.25 bits per heavy atom. The molecule has 0 spiro atoms. The second kappa shape index (κ2) is 11.7. The molecular weight excluding hydrogens is 222 g/mol. The lowest BCUT2D eigenvalue weighted by atomic mass is 10.2. The standard InChI is InChI=1S/C12H27NO2S/c1-5-14-12(15-6-2)10-13-11(4)8-9-16-7-3/h11-13H,5-10H2,1-4H3. The van der Waals surface area contributed by atoms with Crippen molar-refractivity contribution in [1.29, 1.82) is 0 Å². The maximum atomic E-state index is 5.47. The van der Waals surface area contributed by atoms with Gasteiger partial charge in [-0.15, -0.1) is 0 Å². The van der Waals surface area contributed by atoms with Crippen molar-refractivity contribution in [2.24, 2.45) is 0 Å². The first-order valence-corrected chi connectivity index (χ1v) is 7.44. The van der Waals surface area contributed by atoms with Gasteiger partial charge in [0.05, 0.1) is 0 Å². The molecule has 0 heterocycles. The zero-order valence-electron chi connectivity index (χ0n) is 11.1.